The zero-order chi connectivity index (χ0) is 19.3. The quantitative estimate of drug-likeness (QED) is 0.479. The van der Waals surface area contributed by atoms with E-state index in [0.29, 0.717) is 0 Å². The van der Waals surface area contributed by atoms with Crippen LogP contribution in [0.3, 0.4) is 0 Å². The van der Waals surface area contributed by atoms with Crippen LogP contribution in [0, 0.1) is 0 Å². The van der Waals surface area contributed by atoms with Gasteiger partial charge in [-0.1, -0.05) is 54.7 Å². The molecule has 1 rings (SSSR count). The molecule has 0 bridgehead atoms. The molecular formula is C19H29NO4Si. The minimum Gasteiger partial charge on any atom is -0.467 e. The maximum absolute atomic E-state index is 12.4. The Morgan fingerprint density at radius 1 is 1.20 bits per heavy atom. The highest BCUT2D eigenvalue weighted by atomic mass is 28.3. The largest absolute Gasteiger partial charge is 0.467 e. The van der Waals surface area contributed by atoms with Gasteiger partial charge in [0.15, 0.2) is 0 Å². The number of carbonyl (C=O) groups is 2. The molecule has 0 saturated heterocycles. The predicted octanol–water partition coefficient (Wildman–Crippen LogP) is 3.22. The number of hydrogen-bond acceptors (Lipinski definition) is 4. The van der Waals surface area contributed by atoms with Crippen LogP contribution >= 0.6 is 0 Å². The summed E-state index contributed by atoms with van der Waals surface area (Å²) in [5.41, 5.74) is -0.907. The molecule has 0 radical (unpaired) electrons. The third-order valence-corrected chi connectivity index (χ3v) is 8.15. The van der Waals surface area contributed by atoms with Gasteiger partial charge in [-0.2, -0.15) is 0 Å². The van der Waals surface area contributed by atoms with Crippen LogP contribution in [0.5, 0.6) is 0 Å². The Kier molecular flexibility index (Phi) is 6.99. The lowest BCUT2D eigenvalue weighted by atomic mass is 10.2. The molecule has 0 spiro atoms. The van der Waals surface area contributed by atoms with Crippen molar-refractivity contribution < 1.29 is 19.1 Å². The van der Waals surface area contributed by atoms with Crippen molar-refractivity contribution in [2.75, 3.05) is 7.11 Å². The van der Waals surface area contributed by atoms with E-state index in [1.165, 1.54) is 12.3 Å². The van der Waals surface area contributed by atoms with Gasteiger partial charge in [-0.15, -0.1) is 6.58 Å². The van der Waals surface area contributed by atoms with Crippen molar-refractivity contribution in [3.63, 3.8) is 0 Å². The lowest BCUT2D eigenvalue weighted by Crippen LogP contribution is -2.56. The van der Waals surface area contributed by atoms with E-state index in [2.05, 4.69) is 25.0 Å². The molecule has 1 aromatic rings. The molecule has 1 amide bonds. The number of nitrogens with one attached hydrogen (secondary N) is 1. The minimum absolute atomic E-state index is 0.255. The lowest BCUT2D eigenvalue weighted by Gasteiger charge is -2.35. The minimum atomic E-state index is -2.17. The Hall–Kier alpha value is -2.08. The summed E-state index contributed by atoms with van der Waals surface area (Å²) in [5.74, 6) is -0.507. The summed E-state index contributed by atoms with van der Waals surface area (Å²) in [4.78, 5) is 24.6. The van der Waals surface area contributed by atoms with E-state index in [1.807, 2.05) is 30.3 Å². The standard InChI is InChI=1S/C19H29NO4Si/c1-8-15(25(6,7)14-12-10-9-11-13-14)16(17(21)23-5)20-18(22)24-19(2,3)4/h8-13,15-16H,1H2,2-7H3,(H,20,22)/t15-,16-/m0/s1. The van der Waals surface area contributed by atoms with Gasteiger partial charge in [0.25, 0.3) is 0 Å². The van der Waals surface area contributed by atoms with Gasteiger partial charge in [0.1, 0.15) is 11.6 Å². The van der Waals surface area contributed by atoms with Gasteiger partial charge in [0.2, 0.25) is 0 Å². The van der Waals surface area contributed by atoms with Crippen LogP contribution in [0.1, 0.15) is 20.8 Å². The van der Waals surface area contributed by atoms with Gasteiger partial charge in [-0.25, -0.2) is 9.59 Å². The summed E-state index contributed by atoms with van der Waals surface area (Å²) >= 11 is 0. The second kappa shape index (κ2) is 8.34. The fourth-order valence-electron chi connectivity index (χ4n) is 2.76. The molecule has 1 aromatic carbocycles. The number of benzene rings is 1. The first-order valence-electron chi connectivity index (χ1n) is 8.28. The van der Waals surface area contributed by atoms with Crippen LogP contribution in [0.25, 0.3) is 0 Å². The van der Waals surface area contributed by atoms with Gasteiger partial charge < -0.3 is 14.8 Å². The Morgan fingerprint density at radius 3 is 2.20 bits per heavy atom. The number of alkyl carbamates (subject to hydrolysis) is 1. The van der Waals surface area contributed by atoms with Crippen molar-refractivity contribution in [2.45, 2.75) is 51.0 Å². The molecule has 5 nitrogen and oxygen atoms in total. The van der Waals surface area contributed by atoms with Gasteiger partial charge in [0, 0.05) is 5.54 Å². The highest BCUT2D eigenvalue weighted by molar-refractivity contribution is 6.91. The monoisotopic (exact) mass is 363 g/mol. The fraction of sp³-hybridized carbons (Fsp3) is 0.474. The number of esters is 1. The molecule has 0 unspecified atom stereocenters. The smallest absolute Gasteiger partial charge is 0.408 e. The van der Waals surface area contributed by atoms with Crippen LogP contribution in [0.4, 0.5) is 4.79 Å². The molecule has 138 valence electrons. The van der Waals surface area contributed by atoms with E-state index in [9.17, 15) is 9.59 Å². The predicted molar refractivity (Wildman–Crippen MR) is 103 cm³/mol. The molecule has 2 atom stereocenters. The van der Waals surface area contributed by atoms with Gasteiger partial charge in [0.05, 0.1) is 15.2 Å². The zero-order valence-corrected chi connectivity index (χ0v) is 17.0. The second-order valence-electron chi connectivity index (χ2n) is 7.50. The van der Waals surface area contributed by atoms with E-state index < -0.39 is 31.8 Å². The lowest BCUT2D eigenvalue weighted by molar-refractivity contribution is -0.143. The first kappa shape index (κ1) is 21.0. The molecule has 0 aliphatic carbocycles. The van der Waals surface area contributed by atoms with E-state index in [4.69, 9.17) is 9.47 Å². The highest BCUT2D eigenvalue weighted by Gasteiger charge is 2.42. The van der Waals surface area contributed by atoms with Crippen LogP contribution in [-0.2, 0) is 14.3 Å². The molecule has 1 N–H and O–H groups in total. The molecule has 0 fully saturated rings. The van der Waals surface area contributed by atoms with Crippen molar-refractivity contribution in [3.8, 4) is 0 Å². The second-order valence-corrected chi connectivity index (χ2v) is 12.2. The summed E-state index contributed by atoms with van der Waals surface area (Å²) in [7, 11) is -0.857. The van der Waals surface area contributed by atoms with E-state index in [0.717, 1.165) is 0 Å². The summed E-state index contributed by atoms with van der Waals surface area (Å²) in [6.07, 6.45) is 1.09. The van der Waals surface area contributed by atoms with Gasteiger partial charge in [-0.3, -0.25) is 0 Å². The third kappa shape index (κ3) is 5.74. The van der Waals surface area contributed by atoms with Crippen LogP contribution in [-0.4, -0.2) is 38.9 Å². The molecule has 0 aromatic heterocycles. The van der Waals surface area contributed by atoms with Crippen molar-refractivity contribution in [3.05, 3.63) is 43.0 Å². The molecule has 0 aliphatic rings. The first-order chi connectivity index (χ1) is 11.5. The number of rotatable bonds is 6. The topological polar surface area (TPSA) is 64.6 Å². The summed E-state index contributed by atoms with van der Waals surface area (Å²) in [5, 5.41) is 3.85. The Balaban J connectivity index is 3.16. The zero-order valence-electron chi connectivity index (χ0n) is 16.0. The van der Waals surface area contributed by atoms with Crippen molar-refractivity contribution in [1.29, 1.82) is 0 Å². The Labute approximate surface area is 151 Å². The highest BCUT2D eigenvalue weighted by Crippen LogP contribution is 2.28. The van der Waals surface area contributed by atoms with E-state index >= 15 is 0 Å². The Morgan fingerprint density at radius 2 is 1.76 bits per heavy atom. The van der Waals surface area contributed by atoms with E-state index in [-0.39, 0.29) is 5.54 Å². The number of hydrogen-bond donors (Lipinski definition) is 1. The average molecular weight is 364 g/mol. The third-order valence-electron chi connectivity index (χ3n) is 4.09. The molecule has 25 heavy (non-hydrogen) atoms. The normalized spacial score (nSPS) is 14.2. The Bertz CT molecular complexity index is 608. The van der Waals surface area contributed by atoms with Gasteiger partial charge in [-0.05, 0) is 20.8 Å². The summed E-state index contributed by atoms with van der Waals surface area (Å²) in [6.45, 7) is 13.5. The van der Waals surface area contributed by atoms with Crippen molar-refractivity contribution >= 4 is 25.3 Å². The average Bonchev–Trinajstić information content (AvgIpc) is 2.52. The molecule has 6 heteroatoms. The van der Waals surface area contributed by atoms with Gasteiger partial charge >= 0.3 is 12.1 Å². The molecule has 0 heterocycles. The molecule has 0 saturated carbocycles. The summed E-state index contributed by atoms with van der Waals surface area (Å²) < 4.78 is 10.2. The number of carbonyl (C=O) groups excluding carboxylic acids is 2. The van der Waals surface area contributed by atoms with E-state index in [1.54, 1.807) is 26.8 Å². The summed E-state index contributed by atoms with van der Waals surface area (Å²) in [6, 6.07) is 9.14. The number of methoxy groups -OCH3 is 1. The maximum atomic E-state index is 12.4. The van der Waals surface area contributed by atoms with Crippen molar-refractivity contribution in [1.82, 2.24) is 5.32 Å². The van der Waals surface area contributed by atoms with Crippen LogP contribution < -0.4 is 10.5 Å². The first-order valence-corrected chi connectivity index (χ1v) is 11.4. The molecular weight excluding hydrogens is 334 g/mol. The number of ether oxygens (including phenoxy) is 2. The number of amides is 1. The van der Waals surface area contributed by atoms with Crippen molar-refractivity contribution in [2.24, 2.45) is 0 Å². The molecule has 0 aliphatic heterocycles. The fourth-order valence-corrected chi connectivity index (χ4v) is 5.84. The van der Waals surface area contributed by atoms with Crippen LogP contribution in [0.2, 0.25) is 18.6 Å². The van der Waals surface area contributed by atoms with Crippen LogP contribution in [0.15, 0.2) is 43.0 Å². The maximum Gasteiger partial charge on any atom is 0.408 e. The SMILES string of the molecule is C=C[C@@H]([C@H](NC(=O)OC(C)(C)C)C(=O)OC)[Si](C)(C)c1ccccc1.